The molecule has 4 rings (SSSR count). The zero-order chi connectivity index (χ0) is 21.8. The third-order valence-corrected chi connectivity index (χ3v) is 7.32. The van der Waals surface area contributed by atoms with Gasteiger partial charge in [0, 0.05) is 36.8 Å². The van der Waals surface area contributed by atoms with Crippen LogP contribution in [-0.2, 0) is 4.79 Å². The van der Waals surface area contributed by atoms with E-state index < -0.39 is 0 Å². The van der Waals surface area contributed by atoms with Crippen molar-refractivity contribution in [3.63, 3.8) is 0 Å². The predicted molar refractivity (Wildman–Crippen MR) is 128 cm³/mol. The average molecular weight is 469 g/mol. The second-order valence-corrected chi connectivity index (χ2v) is 9.65. The Hall–Kier alpha value is -2.37. The molecule has 0 atom stereocenters. The molecule has 1 aromatic carbocycles. The van der Waals surface area contributed by atoms with E-state index in [-0.39, 0.29) is 11.7 Å². The first kappa shape index (κ1) is 21.8. The summed E-state index contributed by atoms with van der Waals surface area (Å²) >= 11 is 8.99. The molecule has 0 N–H and O–H groups in total. The van der Waals surface area contributed by atoms with Gasteiger partial charge in [0.1, 0.15) is 11.1 Å². The lowest BCUT2D eigenvalue weighted by Crippen LogP contribution is -2.47. The number of carbonyl (C=O) groups excluding carboxylic acids is 1. The lowest BCUT2D eigenvalue weighted by molar-refractivity contribution is -0.129. The maximum atomic E-state index is 12.7. The lowest BCUT2D eigenvalue weighted by Gasteiger charge is -2.32. The Morgan fingerprint density at radius 3 is 2.61 bits per heavy atom. The summed E-state index contributed by atoms with van der Waals surface area (Å²) in [6.45, 7) is 3.23. The maximum Gasteiger partial charge on any atom is 0.233 e. The highest BCUT2D eigenvalue weighted by Gasteiger charge is 2.21. The molecular weight excluding hydrogens is 448 g/mol. The molecule has 1 aliphatic rings. The Morgan fingerprint density at radius 1 is 1.23 bits per heavy atom. The van der Waals surface area contributed by atoms with Crippen LogP contribution >= 0.6 is 34.7 Å². The molecule has 2 aromatic heterocycles. The van der Waals surface area contributed by atoms with Gasteiger partial charge in [0.25, 0.3) is 0 Å². The fourth-order valence-corrected chi connectivity index (χ4v) is 5.14. The van der Waals surface area contributed by atoms with Crippen molar-refractivity contribution in [3.8, 4) is 27.8 Å². The number of rotatable bonds is 5. The number of piperazine rings is 1. The predicted octanol–water partition coefficient (Wildman–Crippen LogP) is 4.87. The molecule has 8 heteroatoms. The molecule has 3 aromatic rings. The summed E-state index contributed by atoms with van der Waals surface area (Å²) in [5.74, 6) is 0.345. The number of nitriles is 1. The second kappa shape index (κ2) is 9.84. The van der Waals surface area contributed by atoms with Gasteiger partial charge < -0.3 is 9.80 Å². The van der Waals surface area contributed by atoms with Gasteiger partial charge in [-0.15, -0.1) is 11.3 Å². The van der Waals surface area contributed by atoms with Crippen LogP contribution in [0.15, 0.2) is 52.9 Å². The van der Waals surface area contributed by atoms with Crippen LogP contribution in [-0.4, -0.2) is 59.7 Å². The third kappa shape index (κ3) is 5.10. The van der Waals surface area contributed by atoms with Gasteiger partial charge in [-0.25, -0.2) is 4.98 Å². The molecule has 31 heavy (non-hydrogen) atoms. The van der Waals surface area contributed by atoms with Crippen molar-refractivity contribution in [1.29, 1.82) is 5.26 Å². The van der Waals surface area contributed by atoms with Crippen LogP contribution in [0.4, 0.5) is 0 Å². The lowest BCUT2D eigenvalue weighted by atomic mass is 10.0. The zero-order valence-electron chi connectivity index (χ0n) is 17.0. The van der Waals surface area contributed by atoms with Gasteiger partial charge in [0.15, 0.2) is 0 Å². The Labute approximate surface area is 195 Å². The van der Waals surface area contributed by atoms with E-state index in [1.807, 2.05) is 52.7 Å². The molecule has 1 amide bonds. The van der Waals surface area contributed by atoms with Gasteiger partial charge in [0.2, 0.25) is 5.91 Å². The minimum absolute atomic E-state index is 0.0818. The molecule has 1 saturated heterocycles. The summed E-state index contributed by atoms with van der Waals surface area (Å²) in [5, 5.41) is 13.2. The van der Waals surface area contributed by atoms with Crippen molar-refractivity contribution >= 4 is 40.6 Å². The largest absolute Gasteiger partial charge is 0.339 e. The van der Waals surface area contributed by atoms with E-state index in [0.29, 0.717) is 15.6 Å². The summed E-state index contributed by atoms with van der Waals surface area (Å²) in [4.78, 5) is 22.6. The molecule has 3 heterocycles. The normalized spacial score (nSPS) is 14.4. The van der Waals surface area contributed by atoms with Crippen molar-refractivity contribution in [2.75, 3.05) is 39.0 Å². The maximum absolute atomic E-state index is 12.7. The number of likely N-dealkylation sites (N-methyl/N-ethyl adjacent to an activating group) is 1. The van der Waals surface area contributed by atoms with E-state index in [1.54, 1.807) is 11.3 Å². The smallest absolute Gasteiger partial charge is 0.233 e. The van der Waals surface area contributed by atoms with E-state index in [2.05, 4.69) is 18.0 Å². The number of pyridine rings is 1. The minimum atomic E-state index is 0.0818. The third-order valence-electron chi connectivity index (χ3n) is 5.22. The molecule has 1 fully saturated rings. The van der Waals surface area contributed by atoms with Gasteiger partial charge >= 0.3 is 0 Å². The number of carbonyl (C=O) groups is 1. The number of hydrogen-bond acceptors (Lipinski definition) is 6. The highest BCUT2D eigenvalue weighted by molar-refractivity contribution is 8.00. The fraction of sp³-hybridized carbons (Fsp3) is 0.261. The van der Waals surface area contributed by atoms with Crippen molar-refractivity contribution in [2.24, 2.45) is 0 Å². The van der Waals surface area contributed by atoms with Crippen LogP contribution in [0.1, 0.15) is 5.56 Å². The number of halogens is 1. The molecule has 0 saturated carbocycles. The molecule has 0 radical (unpaired) electrons. The van der Waals surface area contributed by atoms with Crippen molar-refractivity contribution in [1.82, 2.24) is 14.8 Å². The Morgan fingerprint density at radius 2 is 1.97 bits per heavy atom. The van der Waals surface area contributed by atoms with E-state index in [4.69, 9.17) is 16.6 Å². The molecule has 0 bridgehead atoms. The molecule has 0 spiro atoms. The standard InChI is InChI=1S/C23H21ClN4OS2/c1-27-8-10-28(11-9-27)22(29)15-31-23-19(14-25)18(16-4-6-17(24)7-5-16)13-20(26-23)21-3-2-12-30-21/h2-7,12-13H,8-11,15H2,1H3. The van der Waals surface area contributed by atoms with E-state index in [9.17, 15) is 10.1 Å². The number of hydrogen-bond donors (Lipinski definition) is 0. The summed E-state index contributed by atoms with van der Waals surface area (Å²) in [6.07, 6.45) is 0. The van der Waals surface area contributed by atoms with Crippen LogP contribution in [0.25, 0.3) is 21.7 Å². The van der Waals surface area contributed by atoms with Crippen LogP contribution in [0.2, 0.25) is 5.02 Å². The van der Waals surface area contributed by atoms with Gasteiger partial charge in [-0.2, -0.15) is 5.26 Å². The SMILES string of the molecule is CN1CCN(C(=O)CSc2nc(-c3cccs3)cc(-c3ccc(Cl)cc3)c2C#N)CC1. The highest BCUT2D eigenvalue weighted by Crippen LogP contribution is 2.35. The monoisotopic (exact) mass is 468 g/mol. The summed E-state index contributed by atoms with van der Waals surface area (Å²) in [6, 6.07) is 15.7. The molecule has 158 valence electrons. The zero-order valence-corrected chi connectivity index (χ0v) is 19.4. The first-order valence-electron chi connectivity index (χ1n) is 9.89. The van der Waals surface area contributed by atoms with Gasteiger partial charge in [-0.3, -0.25) is 4.79 Å². The van der Waals surface area contributed by atoms with Crippen molar-refractivity contribution in [2.45, 2.75) is 5.03 Å². The Bertz CT molecular complexity index is 1100. The van der Waals surface area contributed by atoms with Crippen LogP contribution < -0.4 is 0 Å². The number of thioether (sulfide) groups is 1. The molecule has 1 aliphatic heterocycles. The van der Waals surface area contributed by atoms with Crippen LogP contribution in [0.3, 0.4) is 0 Å². The Kier molecular flexibility index (Phi) is 6.93. The van der Waals surface area contributed by atoms with E-state index >= 15 is 0 Å². The highest BCUT2D eigenvalue weighted by atomic mass is 35.5. The molecular formula is C23H21ClN4OS2. The van der Waals surface area contributed by atoms with E-state index in [1.165, 1.54) is 11.8 Å². The fourth-order valence-electron chi connectivity index (χ4n) is 3.42. The molecule has 5 nitrogen and oxygen atoms in total. The topological polar surface area (TPSA) is 60.2 Å². The van der Waals surface area contributed by atoms with Crippen LogP contribution in [0, 0.1) is 11.3 Å². The van der Waals surface area contributed by atoms with Gasteiger partial charge in [-0.1, -0.05) is 41.6 Å². The Balaban J connectivity index is 1.66. The van der Waals surface area contributed by atoms with Gasteiger partial charge in [-0.05, 0) is 42.3 Å². The summed E-state index contributed by atoms with van der Waals surface area (Å²) in [5.41, 5.74) is 2.98. The average Bonchev–Trinajstić information content (AvgIpc) is 3.33. The van der Waals surface area contributed by atoms with E-state index in [0.717, 1.165) is 47.9 Å². The van der Waals surface area contributed by atoms with Crippen molar-refractivity contribution < 1.29 is 4.79 Å². The second-order valence-electron chi connectivity index (χ2n) is 7.30. The minimum Gasteiger partial charge on any atom is -0.339 e. The summed E-state index contributed by atoms with van der Waals surface area (Å²) < 4.78 is 0. The number of benzene rings is 1. The first-order chi connectivity index (χ1) is 15.0. The first-order valence-corrected chi connectivity index (χ1v) is 12.1. The summed E-state index contributed by atoms with van der Waals surface area (Å²) in [7, 11) is 2.06. The number of aromatic nitrogens is 1. The van der Waals surface area contributed by atoms with Gasteiger partial charge in [0.05, 0.1) is 21.9 Å². The van der Waals surface area contributed by atoms with Crippen LogP contribution in [0.5, 0.6) is 0 Å². The molecule has 0 unspecified atom stereocenters. The molecule has 0 aliphatic carbocycles. The number of thiophene rings is 1. The number of nitrogens with zero attached hydrogens (tertiary/aromatic N) is 4. The quantitative estimate of drug-likeness (QED) is 0.500. The van der Waals surface area contributed by atoms with Crippen molar-refractivity contribution in [3.05, 3.63) is 58.4 Å². The number of amides is 1.